The summed E-state index contributed by atoms with van der Waals surface area (Å²) in [7, 11) is 0. The summed E-state index contributed by atoms with van der Waals surface area (Å²) in [5.41, 5.74) is 10.2. The Balaban J connectivity index is 0.00000240. The number of hydrogen-bond acceptors (Lipinski definition) is 0. The molecule has 1 radical (unpaired) electrons. The van der Waals surface area contributed by atoms with Crippen molar-refractivity contribution in [3.05, 3.63) is 161 Å². The molecule has 0 amide bonds. The SMILES string of the molecule is C1=CC(c2cccc3c2[CH]([Sn]([c]2ccccc2)[c]2ccccc2)c2ccccc2-3)c2ccccc21.[Zr]. The minimum Gasteiger partial charge on any atom is 0 e. The number of benzene rings is 5. The van der Waals surface area contributed by atoms with Crippen molar-refractivity contribution >= 4 is 33.0 Å². The molecule has 0 heterocycles. The summed E-state index contributed by atoms with van der Waals surface area (Å²) in [6.07, 6.45) is 4.72. The van der Waals surface area contributed by atoms with Crippen molar-refractivity contribution in [2.75, 3.05) is 0 Å². The summed E-state index contributed by atoms with van der Waals surface area (Å²) >= 11 is -2.45. The molecule has 0 N–H and O–H groups in total. The van der Waals surface area contributed by atoms with Crippen LogP contribution >= 0.6 is 0 Å². The van der Waals surface area contributed by atoms with Gasteiger partial charge >= 0.3 is 215 Å². The fourth-order valence-electron chi connectivity index (χ4n) is 6.12. The molecule has 0 bridgehead atoms. The normalized spacial score (nSPS) is 16.8. The summed E-state index contributed by atoms with van der Waals surface area (Å²) in [5.74, 6) is 0.314. The Morgan fingerprint density at radius 1 is 0.472 bits per heavy atom. The fraction of sp³-hybridized carbons (Fsp3) is 0.0588. The van der Waals surface area contributed by atoms with Crippen molar-refractivity contribution in [3.63, 3.8) is 0 Å². The van der Waals surface area contributed by atoms with E-state index in [-0.39, 0.29) is 26.2 Å². The maximum absolute atomic E-state index is 2.45. The predicted molar refractivity (Wildman–Crippen MR) is 149 cm³/mol. The van der Waals surface area contributed by atoms with Gasteiger partial charge in [0.05, 0.1) is 0 Å². The molecule has 0 fully saturated rings. The summed E-state index contributed by atoms with van der Waals surface area (Å²) in [5, 5.41) is 0. The largest absolute Gasteiger partial charge is 0 e. The number of rotatable bonds is 4. The summed E-state index contributed by atoms with van der Waals surface area (Å²) in [6, 6.07) is 47.8. The molecule has 0 aromatic heterocycles. The van der Waals surface area contributed by atoms with Gasteiger partial charge in [0.15, 0.2) is 0 Å². The molecule has 2 heteroatoms. The van der Waals surface area contributed by atoms with Gasteiger partial charge in [0.1, 0.15) is 0 Å². The van der Waals surface area contributed by atoms with Crippen LogP contribution in [0.1, 0.15) is 37.7 Å². The van der Waals surface area contributed by atoms with Gasteiger partial charge in [-0.2, -0.15) is 0 Å². The zero-order valence-corrected chi connectivity index (χ0v) is 25.2. The van der Waals surface area contributed by atoms with Crippen molar-refractivity contribution in [1.82, 2.24) is 0 Å². The zero-order valence-electron chi connectivity index (χ0n) is 19.9. The first-order chi connectivity index (χ1) is 17.4. The Hall–Kier alpha value is -2.48. The van der Waals surface area contributed by atoms with Crippen LogP contribution in [0, 0.1) is 0 Å². The first-order valence-corrected chi connectivity index (χ1v) is 16.9. The Morgan fingerprint density at radius 2 is 1.03 bits per heavy atom. The van der Waals surface area contributed by atoms with E-state index in [0.717, 1.165) is 0 Å². The molecule has 0 saturated heterocycles. The Kier molecular flexibility index (Phi) is 6.71. The maximum atomic E-state index is 2.41. The van der Waals surface area contributed by atoms with Crippen LogP contribution in [0.2, 0.25) is 0 Å². The first-order valence-electron chi connectivity index (χ1n) is 12.4. The van der Waals surface area contributed by atoms with Gasteiger partial charge in [0, 0.05) is 26.2 Å². The van der Waals surface area contributed by atoms with Gasteiger partial charge in [-0.15, -0.1) is 0 Å². The number of hydrogen-bond donors (Lipinski definition) is 0. The summed E-state index contributed by atoms with van der Waals surface area (Å²) in [4.78, 5) is 0. The molecule has 2 aliphatic rings. The molecule has 5 aromatic carbocycles. The Labute approximate surface area is 239 Å². The fourth-order valence-corrected chi connectivity index (χ4v) is 15.5. The van der Waals surface area contributed by atoms with Crippen molar-refractivity contribution in [3.8, 4) is 11.1 Å². The monoisotopic (exact) mass is 643 g/mol. The topological polar surface area (TPSA) is 0 Å². The minimum absolute atomic E-state index is 0. The number of allylic oxidation sites excluding steroid dienone is 1. The van der Waals surface area contributed by atoms with E-state index < -0.39 is 19.8 Å². The van der Waals surface area contributed by atoms with Crippen LogP contribution in [0.25, 0.3) is 17.2 Å². The quantitative estimate of drug-likeness (QED) is 0.189. The molecular weight excluding hydrogens is 618 g/mol. The van der Waals surface area contributed by atoms with E-state index in [1.54, 1.807) is 12.7 Å². The third-order valence-corrected chi connectivity index (χ3v) is 16.4. The standard InChI is InChI=1S/C22H15.2C6H5.Sn.Zr/c1-3-8-17-15(6-1)12-13-21(17)20-11-5-10-19-18-9-4-2-7-16(18)14-22(19)20;2*1-2-4-6-5-3-1;;/h1-14,21H;2*1-5H;;. The van der Waals surface area contributed by atoms with Gasteiger partial charge in [-0.3, -0.25) is 0 Å². The van der Waals surface area contributed by atoms with Gasteiger partial charge in [0.2, 0.25) is 0 Å². The van der Waals surface area contributed by atoms with Crippen LogP contribution in [0.5, 0.6) is 0 Å². The second-order valence-electron chi connectivity index (χ2n) is 9.44. The second-order valence-corrected chi connectivity index (χ2v) is 16.7. The third-order valence-electron chi connectivity index (χ3n) is 7.58. The van der Waals surface area contributed by atoms with Crippen molar-refractivity contribution in [2.45, 2.75) is 9.85 Å². The van der Waals surface area contributed by atoms with Gasteiger partial charge in [-0.25, -0.2) is 0 Å². The molecule has 2 aliphatic carbocycles. The molecular formula is C34H25SnZr. The molecule has 0 saturated carbocycles. The van der Waals surface area contributed by atoms with E-state index in [1.807, 2.05) is 0 Å². The van der Waals surface area contributed by atoms with Gasteiger partial charge < -0.3 is 0 Å². The van der Waals surface area contributed by atoms with E-state index >= 15 is 0 Å². The van der Waals surface area contributed by atoms with Crippen molar-refractivity contribution in [2.24, 2.45) is 0 Å². The van der Waals surface area contributed by atoms with Gasteiger partial charge in [-0.1, -0.05) is 0 Å². The van der Waals surface area contributed by atoms with E-state index in [4.69, 9.17) is 0 Å². The van der Waals surface area contributed by atoms with Crippen LogP contribution in [-0.4, -0.2) is 19.8 Å². The first kappa shape index (κ1) is 23.9. The van der Waals surface area contributed by atoms with E-state index in [1.165, 1.54) is 33.4 Å². The molecule has 2 unspecified atom stereocenters. The van der Waals surface area contributed by atoms with Crippen LogP contribution < -0.4 is 7.16 Å². The van der Waals surface area contributed by atoms with Crippen molar-refractivity contribution in [1.29, 1.82) is 0 Å². The smallest absolute Gasteiger partial charge is 0 e. The number of fused-ring (bicyclic) bond motifs is 4. The minimum atomic E-state index is -2.45. The second kappa shape index (κ2) is 10.1. The summed E-state index contributed by atoms with van der Waals surface area (Å²) < 4.78 is 3.57. The van der Waals surface area contributed by atoms with Crippen LogP contribution in [-0.2, 0) is 26.2 Å². The molecule has 5 aromatic rings. The molecule has 7 rings (SSSR count). The van der Waals surface area contributed by atoms with Gasteiger partial charge in [0.25, 0.3) is 0 Å². The molecule has 169 valence electrons. The van der Waals surface area contributed by atoms with Crippen LogP contribution in [0.15, 0.2) is 133 Å². The molecule has 0 aliphatic heterocycles. The molecule has 0 nitrogen and oxygen atoms in total. The average Bonchev–Trinajstić information content (AvgIpc) is 3.50. The van der Waals surface area contributed by atoms with Gasteiger partial charge in [-0.05, 0) is 0 Å². The molecule has 2 atom stereocenters. The van der Waals surface area contributed by atoms with Crippen LogP contribution in [0.4, 0.5) is 0 Å². The Bertz CT molecular complexity index is 1520. The van der Waals surface area contributed by atoms with Crippen molar-refractivity contribution < 1.29 is 26.2 Å². The predicted octanol–water partition coefficient (Wildman–Crippen LogP) is 6.80. The zero-order chi connectivity index (χ0) is 23.2. The average molecular weight is 644 g/mol. The molecule has 0 spiro atoms. The van der Waals surface area contributed by atoms with E-state index in [9.17, 15) is 0 Å². The molecule has 36 heavy (non-hydrogen) atoms. The third kappa shape index (κ3) is 3.92. The maximum Gasteiger partial charge on any atom is 0 e. The Morgan fingerprint density at radius 3 is 1.75 bits per heavy atom. The van der Waals surface area contributed by atoms with E-state index in [2.05, 4.69) is 140 Å². The van der Waals surface area contributed by atoms with E-state index in [0.29, 0.717) is 9.85 Å². The summed E-state index contributed by atoms with van der Waals surface area (Å²) in [6.45, 7) is 0. The van der Waals surface area contributed by atoms with Crippen LogP contribution in [0.3, 0.4) is 0 Å².